The number of hydrogen-bond acceptors (Lipinski definition) is 4. The molecule has 146 valence electrons. The molecule has 1 aromatic rings. The summed E-state index contributed by atoms with van der Waals surface area (Å²) >= 11 is 0. The second-order valence-corrected chi connectivity index (χ2v) is 7.66. The van der Waals surface area contributed by atoms with E-state index in [1.165, 1.54) is 6.07 Å². The van der Waals surface area contributed by atoms with Crippen molar-refractivity contribution < 1.29 is 9.18 Å². The topological polar surface area (TPSA) is 38.8 Å². The van der Waals surface area contributed by atoms with Gasteiger partial charge in [-0.05, 0) is 66.7 Å². The van der Waals surface area contributed by atoms with Gasteiger partial charge < -0.3 is 15.1 Å². The summed E-state index contributed by atoms with van der Waals surface area (Å²) in [5, 5.41) is 3.11. The van der Waals surface area contributed by atoms with Crippen LogP contribution in [0.3, 0.4) is 0 Å². The lowest BCUT2D eigenvalue weighted by molar-refractivity contribution is -0.126. The van der Waals surface area contributed by atoms with E-state index in [-0.39, 0.29) is 17.3 Å². The number of likely N-dealkylation sites (N-methyl/N-ethyl adjacent to an activating group) is 2. The van der Waals surface area contributed by atoms with Gasteiger partial charge in [0.25, 0.3) is 0 Å². The fraction of sp³-hybridized carbons (Fsp3) is 0.650. The monoisotopic (exact) mass is 364 g/mol. The summed E-state index contributed by atoms with van der Waals surface area (Å²) < 4.78 is 14.2. The first-order valence-electron chi connectivity index (χ1n) is 9.39. The summed E-state index contributed by atoms with van der Waals surface area (Å²) in [6.07, 6.45) is 2.03. The smallest absolute Gasteiger partial charge is 0.242 e. The molecule has 0 saturated carbocycles. The van der Waals surface area contributed by atoms with E-state index >= 15 is 0 Å². The third-order valence-corrected chi connectivity index (χ3v) is 5.74. The summed E-state index contributed by atoms with van der Waals surface area (Å²) in [6.45, 7) is 5.89. The molecule has 1 fully saturated rings. The lowest BCUT2D eigenvalue weighted by atomic mass is 9.86. The normalized spacial score (nSPS) is 18.9. The minimum absolute atomic E-state index is 0.0482. The SMILES string of the molecule is CCN1CCC(CNC(=O)[C@@H](c2ccccc2F)N(C)C)(N(C)C)CC1. The van der Waals surface area contributed by atoms with Crippen molar-refractivity contribution in [2.75, 3.05) is 54.4 Å². The van der Waals surface area contributed by atoms with Crippen LogP contribution in [0.1, 0.15) is 31.4 Å². The highest BCUT2D eigenvalue weighted by molar-refractivity contribution is 5.83. The van der Waals surface area contributed by atoms with E-state index < -0.39 is 6.04 Å². The Morgan fingerprint density at radius 2 is 1.85 bits per heavy atom. The third kappa shape index (κ3) is 4.61. The van der Waals surface area contributed by atoms with E-state index in [0.717, 1.165) is 32.5 Å². The minimum Gasteiger partial charge on any atom is -0.353 e. The average Bonchev–Trinajstić information content (AvgIpc) is 2.61. The summed E-state index contributed by atoms with van der Waals surface area (Å²) in [5.74, 6) is -0.501. The summed E-state index contributed by atoms with van der Waals surface area (Å²) in [5.41, 5.74) is 0.364. The van der Waals surface area contributed by atoms with Crippen LogP contribution in [-0.2, 0) is 4.79 Å². The lowest BCUT2D eigenvalue weighted by Gasteiger charge is -2.46. The van der Waals surface area contributed by atoms with Crippen LogP contribution in [0.25, 0.3) is 0 Å². The molecule has 0 spiro atoms. The predicted octanol–water partition coefficient (Wildman–Crippen LogP) is 1.96. The highest BCUT2D eigenvalue weighted by atomic mass is 19.1. The first kappa shape index (κ1) is 20.8. The molecule has 0 aliphatic carbocycles. The van der Waals surface area contributed by atoms with Crippen LogP contribution in [-0.4, -0.2) is 80.5 Å². The highest BCUT2D eigenvalue weighted by Gasteiger charge is 2.37. The molecule has 1 aromatic carbocycles. The molecule has 1 aliphatic heterocycles. The number of hydrogen-bond donors (Lipinski definition) is 1. The molecule has 1 aliphatic rings. The second kappa shape index (κ2) is 8.93. The van der Waals surface area contributed by atoms with Gasteiger partial charge in [-0.15, -0.1) is 0 Å². The Morgan fingerprint density at radius 3 is 2.35 bits per heavy atom. The van der Waals surface area contributed by atoms with Crippen molar-refractivity contribution in [1.29, 1.82) is 0 Å². The van der Waals surface area contributed by atoms with Crippen molar-refractivity contribution in [3.63, 3.8) is 0 Å². The van der Waals surface area contributed by atoms with Crippen LogP contribution in [0.2, 0.25) is 0 Å². The number of carbonyl (C=O) groups excluding carboxylic acids is 1. The predicted molar refractivity (Wildman–Crippen MR) is 104 cm³/mol. The lowest BCUT2D eigenvalue weighted by Crippen LogP contribution is -2.59. The molecule has 1 atom stereocenters. The number of piperidine rings is 1. The number of rotatable bonds is 7. The first-order chi connectivity index (χ1) is 12.3. The van der Waals surface area contributed by atoms with E-state index in [1.54, 1.807) is 37.2 Å². The standard InChI is InChI=1S/C20H33FN4O/c1-6-25-13-11-20(12-14-25,24(4)5)15-22-19(26)18(23(2)3)16-9-7-8-10-17(16)21/h7-10,18H,6,11-15H2,1-5H3,(H,22,26)/t18-/m1/s1. The quantitative estimate of drug-likeness (QED) is 0.803. The van der Waals surface area contributed by atoms with Crippen LogP contribution in [0.4, 0.5) is 4.39 Å². The molecule has 1 saturated heterocycles. The van der Waals surface area contributed by atoms with Crippen molar-refractivity contribution in [3.8, 4) is 0 Å². The fourth-order valence-corrected chi connectivity index (χ4v) is 3.77. The van der Waals surface area contributed by atoms with E-state index in [2.05, 4.69) is 36.1 Å². The van der Waals surface area contributed by atoms with Crippen LogP contribution in [0.5, 0.6) is 0 Å². The molecule has 1 amide bonds. The zero-order chi connectivity index (χ0) is 19.3. The minimum atomic E-state index is -0.633. The molecule has 2 rings (SSSR count). The van der Waals surface area contributed by atoms with Crippen LogP contribution in [0.15, 0.2) is 24.3 Å². The summed E-state index contributed by atoms with van der Waals surface area (Å²) in [7, 11) is 7.76. The van der Waals surface area contributed by atoms with Gasteiger partial charge in [0.05, 0.1) is 0 Å². The van der Waals surface area contributed by atoms with E-state index in [1.807, 2.05) is 0 Å². The zero-order valence-corrected chi connectivity index (χ0v) is 16.8. The van der Waals surface area contributed by atoms with Gasteiger partial charge in [0.15, 0.2) is 0 Å². The van der Waals surface area contributed by atoms with Gasteiger partial charge in [0.2, 0.25) is 5.91 Å². The van der Waals surface area contributed by atoms with Crippen LogP contribution >= 0.6 is 0 Å². The van der Waals surface area contributed by atoms with Gasteiger partial charge >= 0.3 is 0 Å². The molecular formula is C20H33FN4O. The molecule has 0 bridgehead atoms. The zero-order valence-electron chi connectivity index (χ0n) is 16.8. The molecule has 1 N–H and O–H groups in total. The Hall–Kier alpha value is -1.50. The highest BCUT2D eigenvalue weighted by Crippen LogP contribution is 2.27. The van der Waals surface area contributed by atoms with Crippen molar-refractivity contribution in [3.05, 3.63) is 35.6 Å². The number of carbonyl (C=O) groups is 1. The van der Waals surface area contributed by atoms with Gasteiger partial charge in [0.1, 0.15) is 11.9 Å². The van der Waals surface area contributed by atoms with Crippen LogP contribution in [0, 0.1) is 5.82 Å². The molecule has 1 heterocycles. The molecule has 0 radical (unpaired) electrons. The number of nitrogens with zero attached hydrogens (tertiary/aromatic N) is 3. The van der Waals surface area contributed by atoms with Crippen molar-refractivity contribution in [2.45, 2.75) is 31.3 Å². The number of halogens is 1. The largest absolute Gasteiger partial charge is 0.353 e. The molecular weight excluding hydrogens is 331 g/mol. The van der Waals surface area contributed by atoms with E-state index in [9.17, 15) is 9.18 Å². The molecule has 26 heavy (non-hydrogen) atoms. The average molecular weight is 365 g/mol. The Morgan fingerprint density at radius 1 is 1.23 bits per heavy atom. The number of benzene rings is 1. The molecule has 0 unspecified atom stereocenters. The van der Waals surface area contributed by atoms with E-state index in [4.69, 9.17) is 0 Å². The van der Waals surface area contributed by atoms with Gasteiger partial charge in [0, 0.05) is 17.6 Å². The summed E-state index contributed by atoms with van der Waals surface area (Å²) in [4.78, 5) is 19.3. The Bertz CT molecular complexity index is 597. The van der Waals surface area contributed by atoms with Crippen molar-refractivity contribution in [2.24, 2.45) is 0 Å². The van der Waals surface area contributed by atoms with Gasteiger partial charge in [-0.3, -0.25) is 9.69 Å². The van der Waals surface area contributed by atoms with Crippen molar-refractivity contribution in [1.82, 2.24) is 20.0 Å². The maximum atomic E-state index is 14.2. The van der Waals surface area contributed by atoms with Gasteiger partial charge in [-0.25, -0.2) is 4.39 Å². The summed E-state index contributed by atoms with van der Waals surface area (Å²) in [6, 6.07) is 5.86. The Labute approximate surface area is 157 Å². The first-order valence-corrected chi connectivity index (χ1v) is 9.39. The van der Waals surface area contributed by atoms with Gasteiger partial charge in [-0.2, -0.15) is 0 Å². The van der Waals surface area contributed by atoms with Gasteiger partial charge in [-0.1, -0.05) is 25.1 Å². The Kier molecular flexibility index (Phi) is 7.15. The molecule has 5 nitrogen and oxygen atoms in total. The number of likely N-dealkylation sites (tertiary alicyclic amines) is 1. The van der Waals surface area contributed by atoms with E-state index in [0.29, 0.717) is 12.1 Å². The maximum Gasteiger partial charge on any atom is 0.242 e. The number of nitrogens with one attached hydrogen (secondary N) is 1. The van der Waals surface area contributed by atoms with Crippen LogP contribution < -0.4 is 5.32 Å². The Balaban J connectivity index is 2.10. The fourth-order valence-electron chi connectivity index (χ4n) is 3.77. The molecule has 6 heteroatoms. The van der Waals surface area contributed by atoms with Crippen molar-refractivity contribution >= 4 is 5.91 Å². The maximum absolute atomic E-state index is 14.2. The third-order valence-electron chi connectivity index (χ3n) is 5.74. The number of amides is 1. The second-order valence-electron chi connectivity index (χ2n) is 7.66. The molecule has 0 aromatic heterocycles.